The molecule has 1 aliphatic carbocycles. The first-order valence-electron chi connectivity index (χ1n) is 8.05. The Bertz CT molecular complexity index is 325. The number of hydrogen-bond acceptors (Lipinski definition) is 5. The highest BCUT2D eigenvalue weighted by molar-refractivity contribution is 5.74. The summed E-state index contributed by atoms with van der Waals surface area (Å²) in [7, 11) is 1.50. The van der Waals surface area contributed by atoms with Crippen LogP contribution in [0.2, 0.25) is 0 Å². The van der Waals surface area contributed by atoms with E-state index in [1.807, 2.05) is 13.8 Å². The van der Waals surface area contributed by atoms with E-state index in [9.17, 15) is 9.59 Å². The van der Waals surface area contributed by atoms with Gasteiger partial charge in [0, 0.05) is 12.6 Å². The molecule has 7 nitrogen and oxygen atoms in total. The molecular formula is C16H37N3O4. The van der Waals surface area contributed by atoms with Gasteiger partial charge in [0.05, 0.1) is 10.8 Å². The van der Waals surface area contributed by atoms with Gasteiger partial charge in [0.25, 0.3) is 0 Å². The van der Waals surface area contributed by atoms with Gasteiger partial charge in [-0.1, -0.05) is 13.8 Å². The van der Waals surface area contributed by atoms with E-state index in [1.165, 1.54) is 7.05 Å². The van der Waals surface area contributed by atoms with Crippen molar-refractivity contribution in [1.29, 1.82) is 0 Å². The van der Waals surface area contributed by atoms with Gasteiger partial charge < -0.3 is 27.4 Å². The lowest BCUT2D eigenvalue weighted by molar-refractivity contribution is -0.150. The fraction of sp³-hybridized carbons (Fsp3) is 0.875. The molecule has 0 atom stereocenters. The van der Waals surface area contributed by atoms with Gasteiger partial charge in [-0.3, -0.25) is 9.59 Å². The standard InChI is InChI=1S/C8H15NO2.C5H11NO2.C2H6.CH5N/c1-8(7(10)11)4-2-6(9)3-5-8;1-5(2,3-6)4(7)8;2*1-2/h6H,2-5,9H2,1H3,(H,10,11);3,6H2,1-2H3,(H,7,8);1-2H3;2H2,1H3. The van der Waals surface area contributed by atoms with Crippen LogP contribution in [0, 0.1) is 10.8 Å². The molecule has 1 fully saturated rings. The number of carbonyl (C=O) groups is 2. The predicted molar refractivity (Wildman–Crippen MR) is 94.1 cm³/mol. The Morgan fingerprint density at radius 1 is 1.13 bits per heavy atom. The van der Waals surface area contributed by atoms with E-state index in [4.69, 9.17) is 21.7 Å². The third-order valence-corrected chi connectivity index (χ3v) is 3.74. The lowest BCUT2D eigenvalue weighted by Gasteiger charge is -2.31. The second-order valence-corrected chi connectivity index (χ2v) is 6.10. The molecule has 140 valence electrons. The van der Waals surface area contributed by atoms with Gasteiger partial charge >= 0.3 is 11.9 Å². The van der Waals surface area contributed by atoms with E-state index in [1.54, 1.807) is 20.8 Å². The first kappa shape index (κ1) is 26.7. The van der Waals surface area contributed by atoms with Crippen LogP contribution >= 0.6 is 0 Å². The van der Waals surface area contributed by atoms with Crippen LogP contribution in [0.15, 0.2) is 0 Å². The number of nitrogens with two attached hydrogens (primary N) is 3. The lowest BCUT2D eigenvalue weighted by atomic mass is 9.74. The summed E-state index contributed by atoms with van der Waals surface area (Å²) in [6.07, 6.45) is 3.15. The Hall–Kier alpha value is -1.18. The summed E-state index contributed by atoms with van der Waals surface area (Å²) in [4.78, 5) is 20.9. The van der Waals surface area contributed by atoms with Gasteiger partial charge in [-0.2, -0.15) is 0 Å². The zero-order valence-electron chi connectivity index (χ0n) is 15.6. The van der Waals surface area contributed by atoms with E-state index in [2.05, 4.69) is 5.73 Å². The lowest BCUT2D eigenvalue weighted by Crippen LogP contribution is -2.37. The maximum Gasteiger partial charge on any atom is 0.310 e. The quantitative estimate of drug-likeness (QED) is 0.525. The summed E-state index contributed by atoms with van der Waals surface area (Å²) in [5.41, 5.74) is 14.0. The summed E-state index contributed by atoms with van der Waals surface area (Å²) in [5, 5.41) is 17.2. The van der Waals surface area contributed by atoms with Crippen molar-refractivity contribution in [2.24, 2.45) is 28.0 Å². The maximum absolute atomic E-state index is 10.7. The van der Waals surface area contributed by atoms with E-state index >= 15 is 0 Å². The molecule has 8 N–H and O–H groups in total. The third kappa shape index (κ3) is 11.1. The first-order valence-corrected chi connectivity index (χ1v) is 8.05. The molecule has 0 radical (unpaired) electrons. The van der Waals surface area contributed by atoms with Crippen molar-refractivity contribution in [3.8, 4) is 0 Å². The van der Waals surface area contributed by atoms with Gasteiger partial charge in [-0.25, -0.2) is 0 Å². The average Bonchev–Trinajstić information content (AvgIpc) is 2.54. The molecule has 0 aromatic rings. The number of carboxylic acids is 2. The fourth-order valence-corrected chi connectivity index (χ4v) is 1.58. The minimum atomic E-state index is -0.847. The minimum absolute atomic E-state index is 0.183. The molecule has 23 heavy (non-hydrogen) atoms. The molecule has 0 amide bonds. The van der Waals surface area contributed by atoms with Crippen LogP contribution in [0.1, 0.15) is 60.3 Å². The summed E-state index contributed by atoms with van der Waals surface area (Å²) < 4.78 is 0. The topological polar surface area (TPSA) is 153 Å². The van der Waals surface area contributed by atoms with Crippen molar-refractivity contribution < 1.29 is 19.8 Å². The molecule has 0 spiro atoms. The summed E-state index contributed by atoms with van der Waals surface area (Å²) in [5.74, 6) is -1.52. The predicted octanol–water partition coefficient (Wildman–Crippen LogP) is 1.64. The van der Waals surface area contributed by atoms with Crippen LogP contribution in [0.3, 0.4) is 0 Å². The SMILES string of the molecule is CC.CC(C)(CN)C(=O)O.CC1(C(=O)O)CCC(N)CC1.CN. The number of rotatable bonds is 3. The van der Waals surface area contributed by atoms with Crippen LogP contribution in [-0.4, -0.2) is 41.8 Å². The highest BCUT2D eigenvalue weighted by Gasteiger charge is 2.36. The molecule has 1 aliphatic rings. The molecule has 0 aromatic heterocycles. The number of aliphatic carboxylic acids is 2. The number of carboxylic acid groups (broad SMARTS) is 2. The van der Waals surface area contributed by atoms with Crippen LogP contribution in [-0.2, 0) is 9.59 Å². The van der Waals surface area contributed by atoms with Gasteiger partial charge in [0.1, 0.15) is 0 Å². The summed E-state index contributed by atoms with van der Waals surface area (Å²) in [6, 6.07) is 0.224. The molecular weight excluding hydrogens is 298 g/mol. The Kier molecular flexibility index (Phi) is 15.4. The van der Waals surface area contributed by atoms with Crippen LogP contribution in [0.4, 0.5) is 0 Å². The summed E-state index contributed by atoms with van der Waals surface area (Å²) >= 11 is 0. The average molecular weight is 335 g/mol. The first-order chi connectivity index (χ1) is 10.5. The van der Waals surface area contributed by atoms with E-state index in [0.29, 0.717) is 0 Å². The summed E-state index contributed by atoms with van der Waals surface area (Å²) in [6.45, 7) is 9.17. The molecule has 0 aliphatic heterocycles. The molecule has 0 heterocycles. The van der Waals surface area contributed by atoms with Gasteiger partial charge in [0.15, 0.2) is 0 Å². The zero-order valence-corrected chi connectivity index (χ0v) is 15.6. The van der Waals surface area contributed by atoms with Crippen molar-refractivity contribution >= 4 is 11.9 Å². The fourth-order valence-electron chi connectivity index (χ4n) is 1.58. The smallest absolute Gasteiger partial charge is 0.310 e. The molecule has 7 heteroatoms. The highest BCUT2D eigenvalue weighted by Crippen LogP contribution is 2.35. The molecule has 0 aromatic carbocycles. The molecule has 1 rings (SSSR count). The largest absolute Gasteiger partial charge is 0.481 e. The monoisotopic (exact) mass is 335 g/mol. The van der Waals surface area contributed by atoms with Crippen LogP contribution < -0.4 is 17.2 Å². The van der Waals surface area contributed by atoms with Crippen LogP contribution in [0.25, 0.3) is 0 Å². The highest BCUT2D eigenvalue weighted by atomic mass is 16.4. The van der Waals surface area contributed by atoms with E-state index in [0.717, 1.165) is 25.7 Å². The van der Waals surface area contributed by atoms with Gasteiger partial charge in [-0.15, -0.1) is 0 Å². The van der Waals surface area contributed by atoms with Gasteiger partial charge in [0.2, 0.25) is 0 Å². The molecule has 0 saturated heterocycles. The van der Waals surface area contributed by atoms with Gasteiger partial charge in [-0.05, 0) is 53.5 Å². The molecule has 0 bridgehead atoms. The zero-order chi connectivity index (χ0) is 19.3. The van der Waals surface area contributed by atoms with Crippen molar-refractivity contribution in [3.05, 3.63) is 0 Å². The van der Waals surface area contributed by atoms with Crippen molar-refractivity contribution in [3.63, 3.8) is 0 Å². The normalized spacial score (nSPS) is 22.9. The molecule has 1 saturated carbocycles. The Labute approximate surface area is 140 Å². The van der Waals surface area contributed by atoms with Crippen molar-refractivity contribution in [2.45, 2.75) is 66.3 Å². The third-order valence-electron chi connectivity index (χ3n) is 3.74. The second-order valence-electron chi connectivity index (χ2n) is 6.10. The maximum atomic E-state index is 10.7. The van der Waals surface area contributed by atoms with Crippen LogP contribution in [0.5, 0.6) is 0 Å². The second kappa shape index (κ2) is 13.3. The van der Waals surface area contributed by atoms with Crippen molar-refractivity contribution in [1.82, 2.24) is 0 Å². The Balaban J connectivity index is -0.000000296. The van der Waals surface area contributed by atoms with Crippen molar-refractivity contribution in [2.75, 3.05) is 13.6 Å². The Morgan fingerprint density at radius 2 is 1.48 bits per heavy atom. The number of hydrogen-bond donors (Lipinski definition) is 5. The van der Waals surface area contributed by atoms with E-state index in [-0.39, 0.29) is 12.6 Å². The van der Waals surface area contributed by atoms with E-state index < -0.39 is 22.8 Å². The minimum Gasteiger partial charge on any atom is -0.481 e. The molecule has 0 unspecified atom stereocenters. The Morgan fingerprint density at radius 3 is 1.65 bits per heavy atom.